The van der Waals surface area contributed by atoms with Crippen LogP contribution in [0.5, 0.6) is 0 Å². The summed E-state index contributed by atoms with van der Waals surface area (Å²) in [6, 6.07) is 10.7. The van der Waals surface area contributed by atoms with Gasteiger partial charge in [0.2, 0.25) is 6.10 Å². The lowest BCUT2D eigenvalue weighted by molar-refractivity contribution is -0.169. The number of esters is 2. The zero-order chi connectivity index (χ0) is 16.1. The minimum Gasteiger partial charge on any atom is -0.454 e. The summed E-state index contributed by atoms with van der Waals surface area (Å²) in [4.78, 5) is 23.6. The third-order valence-electron chi connectivity index (χ3n) is 3.22. The van der Waals surface area contributed by atoms with Gasteiger partial charge in [-0.25, -0.2) is 4.79 Å². The molecule has 2 atom stereocenters. The van der Waals surface area contributed by atoms with Crippen LogP contribution in [0.3, 0.4) is 0 Å². The molecule has 1 aliphatic carbocycles. The van der Waals surface area contributed by atoms with E-state index in [1.165, 1.54) is 6.92 Å². The normalized spacial score (nSPS) is 18.5. The molecule has 6 heteroatoms. The number of allylic oxidation sites excluding steroid dienone is 1. The summed E-state index contributed by atoms with van der Waals surface area (Å²) in [7, 11) is 0. The molecule has 5 nitrogen and oxygen atoms in total. The molecule has 1 aromatic carbocycles. The van der Waals surface area contributed by atoms with Gasteiger partial charge in [0.1, 0.15) is 6.10 Å². The van der Waals surface area contributed by atoms with E-state index in [0.29, 0.717) is 28.5 Å². The van der Waals surface area contributed by atoms with Crippen molar-refractivity contribution in [1.82, 2.24) is 0 Å². The molecule has 0 radical (unpaired) electrons. The molecule has 0 spiro atoms. The number of rotatable bonds is 4. The average molecular weight is 364 g/mol. The number of ether oxygens (including phenoxy) is 2. The monoisotopic (exact) mass is 363 g/mol. The number of benzene rings is 1. The topological polar surface area (TPSA) is 76.4 Å². The Morgan fingerprint density at radius 2 is 2.05 bits per heavy atom. The van der Waals surface area contributed by atoms with Crippen LogP contribution in [0.4, 0.5) is 0 Å². The SMILES string of the molecule is CC(=O)O[C@@H](C(=O)O[C@H]1CCC(C#N)=C1Br)c1ccccc1. The van der Waals surface area contributed by atoms with E-state index in [1.807, 2.05) is 0 Å². The van der Waals surface area contributed by atoms with Crippen LogP contribution in [-0.2, 0) is 19.1 Å². The van der Waals surface area contributed by atoms with Crippen molar-refractivity contribution in [3.63, 3.8) is 0 Å². The molecule has 0 heterocycles. The lowest BCUT2D eigenvalue weighted by Gasteiger charge is -2.19. The molecular formula is C16H14BrNO4. The van der Waals surface area contributed by atoms with Crippen molar-refractivity contribution in [3.05, 3.63) is 46.0 Å². The lowest BCUT2D eigenvalue weighted by atomic mass is 10.1. The van der Waals surface area contributed by atoms with E-state index in [9.17, 15) is 9.59 Å². The standard InChI is InChI=1S/C16H14BrNO4/c1-10(19)21-15(11-5-3-2-4-6-11)16(20)22-13-8-7-12(9-18)14(13)17/h2-6,13,15H,7-8H2,1H3/t13-,15+/m0/s1. The van der Waals surface area contributed by atoms with Crippen molar-refractivity contribution in [2.75, 3.05) is 0 Å². The van der Waals surface area contributed by atoms with E-state index < -0.39 is 24.1 Å². The lowest BCUT2D eigenvalue weighted by Crippen LogP contribution is -2.25. The van der Waals surface area contributed by atoms with Gasteiger partial charge in [0.15, 0.2) is 0 Å². The van der Waals surface area contributed by atoms with Crippen LogP contribution in [0.2, 0.25) is 0 Å². The Hall–Kier alpha value is -2.13. The molecule has 0 aliphatic heterocycles. The number of hydrogen-bond donors (Lipinski definition) is 0. The van der Waals surface area contributed by atoms with Crippen LogP contribution >= 0.6 is 15.9 Å². The Kier molecular flexibility index (Phi) is 5.34. The zero-order valence-electron chi connectivity index (χ0n) is 11.9. The Bertz CT molecular complexity index is 648. The molecule has 0 N–H and O–H groups in total. The molecule has 0 saturated carbocycles. The molecule has 0 amide bonds. The van der Waals surface area contributed by atoms with Gasteiger partial charge in [0.05, 0.1) is 6.07 Å². The number of carbonyl (C=O) groups excluding carboxylic acids is 2. The first-order valence-electron chi connectivity index (χ1n) is 6.74. The number of nitriles is 1. The van der Waals surface area contributed by atoms with Crippen molar-refractivity contribution in [3.8, 4) is 6.07 Å². The first-order chi connectivity index (χ1) is 10.5. The quantitative estimate of drug-likeness (QED) is 0.767. The Balaban J connectivity index is 2.16. The summed E-state index contributed by atoms with van der Waals surface area (Å²) in [6.45, 7) is 1.24. The zero-order valence-corrected chi connectivity index (χ0v) is 13.5. The highest BCUT2D eigenvalue weighted by Crippen LogP contribution is 2.34. The first-order valence-corrected chi connectivity index (χ1v) is 7.53. The van der Waals surface area contributed by atoms with Crippen LogP contribution in [0.15, 0.2) is 40.4 Å². The number of nitrogens with zero attached hydrogens (tertiary/aromatic N) is 1. The average Bonchev–Trinajstić information content (AvgIpc) is 2.86. The van der Waals surface area contributed by atoms with Crippen LogP contribution < -0.4 is 0 Å². The highest BCUT2D eigenvalue weighted by Gasteiger charge is 2.32. The minimum absolute atomic E-state index is 0.510. The summed E-state index contributed by atoms with van der Waals surface area (Å²) >= 11 is 3.29. The van der Waals surface area contributed by atoms with E-state index in [4.69, 9.17) is 14.7 Å². The second kappa shape index (κ2) is 7.23. The molecule has 0 fully saturated rings. The molecule has 0 bridgehead atoms. The number of halogens is 1. The Morgan fingerprint density at radius 3 is 2.59 bits per heavy atom. The van der Waals surface area contributed by atoms with E-state index >= 15 is 0 Å². The van der Waals surface area contributed by atoms with Gasteiger partial charge in [-0.05, 0) is 12.8 Å². The Labute approximate surface area is 136 Å². The Morgan fingerprint density at radius 1 is 1.36 bits per heavy atom. The van der Waals surface area contributed by atoms with Gasteiger partial charge < -0.3 is 9.47 Å². The van der Waals surface area contributed by atoms with Gasteiger partial charge in [-0.1, -0.05) is 46.3 Å². The number of hydrogen-bond acceptors (Lipinski definition) is 5. The van der Waals surface area contributed by atoms with Gasteiger partial charge in [-0.15, -0.1) is 0 Å². The van der Waals surface area contributed by atoms with Gasteiger partial charge in [0, 0.05) is 22.5 Å². The van der Waals surface area contributed by atoms with Crippen molar-refractivity contribution in [1.29, 1.82) is 5.26 Å². The third-order valence-corrected chi connectivity index (χ3v) is 4.21. The highest BCUT2D eigenvalue weighted by atomic mass is 79.9. The maximum Gasteiger partial charge on any atom is 0.352 e. The molecular weight excluding hydrogens is 350 g/mol. The summed E-state index contributed by atoms with van der Waals surface area (Å²) in [5.74, 6) is -1.22. The fourth-order valence-corrected chi connectivity index (χ4v) is 2.79. The molecule has 1 aliphatic rings. The van der Waals surface area contributed by atoms with Crippen LogP contribution in [0.25, 0.3) is 0 Å². The van der Waals surface area contributed by atoms with Crippen LogP contribution in [-0.4, -0.2) is 18.0 Å². The summed E-state index contributed by atoms with van der Waals surface area (Å²) in [5.41, 5.74) is 1.11. The van der Waals surface area contributed by atoms with Crippen molar-refractivity contribution in [2.24, 2.45) is 0 Å². The summed E-state index contributed by atoms with van der Waals surface area (Å²) in [6.07, 6.45) is -0.524. The smallest absolute Gasteiger partial charge is 0.352 e. The summed E-state index contributed by atoms with van der Waals surface area (Å²) < 4.78 is 11.1. The van der Waals surface area contributed by atoms with Crippen molar-refractivity contribution < 1.29 is 19.1 Å². The molecule has 0 saturated heterocycles. The molecule has 2 rings (SSSR count). The second-order valence-corrected chi connectivity index (χ2v) is 5.66. The van der Waals surface area contributed by atoms with Crippen molar-refractivity contribution in [2.45, 2.75) is 32.0 Å². The predicted molar refractivity (Wildman–Crippen MR) is 81.6 cm³/mol. The molecule has 114 valence electrons. The number of carbonyl (C=O) groups is 2. The fraction of sp³-hybridized carbons (Fsp3) is 0.312. The maximum atomic E-state index is 12.3. The molecule has 22 heavy (non-hydrogen) atoms. The van der Waals surface area contributed by atoms with Crippen LogP contribution in [0.1, 0.15) is 31.4 Å². The van der Waals surface area contributed by atoms with Gasteiger partial charge in [-0.3, -0.25) is 4.79 Å². The molecule has 1 aromatic rings. The minimum atomic E-state index is -1.11. The van der Waals surface area contributed by atoms with Crippen molar-refractivity contribution >= 4 is 27.9 Å². The van der Waals surface area contributed by atoms with E-state index in [-0.39, 0.29) is 0 Å². The third kappa shape index (κ3) is 3.74. The maximum absolute atomic E-state index is 12.3. The molecule has 0 unspecified atom stereocenters. The molecule has 0 aromatic heterocycles. The fourth-order valence-electron chi connectivity index (χ4n) is 2.18. The van der Waals surface area contributed by atoms with Crippen LogP contribution in [0, 0.1) is 11.3 Å². The van der Waals surface area contributed by atoms with Gasteiger partial charge in [0.25, 0.3) is 0 Å². The largest absolute Gasteiger partial charge is 0.454 e. The van der Waals surface area contributed by atoms with E-state index in [2.05, 4.69) is 22.0 Å². The van der Waals surface area contributed by atoms with Gasteiger partial charge >= 0.3 is 11.9 Å². The van der Waals surface area contributed by atoms with Gasteiger partial charge in [-0.2, -0.15) is 5.26 Å². The van der Waals surface area contributed by atoms with E-state index in [0.717, 1.165) is 0 Å². The second-order valence-electron chi connectivity index (χ2n) is 4.80. The highest BCUT2D eigenvalue weighted by molar-refractivity contribution is 9.11. The van der Waals surface area contributed by atoms with E-state index in [1.54, 1.807) is 30.3 Å². The summed E-state index contributed by atoms with van der Waals surface area (Å²) in [5, 5.41) is 8.95. The predicted octanol–water partition coefficient (Wildman–Crippen LogP) is 3.17. The first kappa shape index (κ1) is 16.2.